The van der Waals surface area contributed by atoms with Crippen molar-refractivity contribution >= 4 is 61.9 Å². The Balaban J connectivity index is 2.03. The third-order valence-electron chi connectivity index (χ3n) is 4.01. The molecule has 0 saturated heterocycles. The molecule has 0 N–H and O–H groups in total. The van der Waals surface area contributed by atoms with Crippen molar-refractivity contribution in [3.63, 3.8) is 0 Å². The number of esters is 1. The van der Waals surface area contributed by atoms with E-state index >= 15 is 0 Å². The third-order valence-corrected chi connectivity index (χ3v) is 7.69. The summed E-state index contributed by atoms with van der Waals surface area (Å²) in [7, 11) is 1.89. The minimum absolute atomic E-state index is 0.106. The fourth-order valence-corrected chi connectivity index (χ4v) is 5.73. The lowest BCUT2D eigenvalue weighted by atomic mass is 10.3. The lowest BCUT2D eigenvalue weighted by Gasteiger charge is -2.39. The van der Waals surface area contributed by atoms with E-state index in [4.69, 9.17) is 4.74 Å². The molecule has 2 heterocycles. The number of ketones is 1. The number of benzene rings is 1. The molecule has 0 aliphatic carbocycles. The molecule has 138 valence electrons. The van der Waals surface area contributed by atoms with E-state index in [1.165, 1.54) is 30.4 Å². The van der Waals surface area contributed by atoms with Crippen molar-refractivity contribution in [3.8, 4) is 0 Å². The van der Waals surface area contributed by atoms with Crippen LogP contribution in [-0.2, 0) is 14.3 Å². The summed E-state index contributed by atoms with van der Waals surface area (Å²) < 4.78 is 5.37. The first-order chi connectivity index (χ1) is 12.3. The SMILES string of the molecule is CCOC(=O)C1=C(C)N(C)C2(SC(C(C)=O)=NN2c2ccc(Br)cc2)S1. The molecule has 1 spiro atoms. The monoisotopic (exact) mass is 455 g/mol. The summed E-state index contributed by atoms with van der Waals surface area (Å²) in [6.45, 7) is 5.46. The van der Waals surface area contributed by atoms with E-state index in [1.807, 2.05) is 43.1 Å². The number of Topliss-reactive ketones (excluding diaryl/α,β-unsaturated/α-hetero) is 1. The lowest BCUT2D eigenvalue weighted by Crippen LogP contribution is -2.47. The van der Waals surface area contributed by atoms with Gasteiger partial charge in [0.2, 0.25) is 4.33 Å². The highest BCUT2D eigenvalue weighted by molar-refractivity contribution is 9.10. The Morgan fingerprint density at radius 1 is 1.27 bits per heavy atom. The second kappa shape index (κ2) is 7.28. The van der Waals surface area contributed by atoms with E-state index in [0.29, 0.717) is 16.6 Å². The predicted molar refractivity (Wildman–Crippen MR) is 110 cm³/mol. The van der Waals surface area contributed by atoms with Crippen molar-refractivity contribution in [2.24, 2.45) is 5.10 Å². The Labute approximate surface area is 169 Å². The third kappa shape index (κ3) is 3.16. The number of hydrogen-bond acceptors (Lipinski definition) is 8. The topological polar surface area (TPSA) is 62.2 Å². The van der Waals surface area contributed by atoms with E-state index < -0.39 is 4.33 Å². The Kier molecular flexibility index (Phi) is 5.41. The van der Waals surface area contributed by atoms with Gasteiger partial charge in [-0.3, -0.25) is 4.79 Å². The molecule has 1 unspecified atom stereocenters. The molecule has 0 amide bonds. The van der Waals surface area contributed by atoms with Crippen LogP contribution in [0.3, 0.4) is 0 Å². The van der Waals surface area contributed by atoms with Crippen LogP contribution in [0.1, 0.15) is 20.8 Å². The molecule has 0 fully saturated rings. The highest BCUT2D eigenvalue weighted by Crippen LogP contribution is 2.58. The first kappa shape index (κ1) is 19.3. The molecule has 0 radical (unpaired) electrons. The fraction of sp³-hybridized carbons (Fsp3) is 0.353. The second-order valence-electron chi connectivity index (χ2n) is 5.70. The Morgan fingerprint density at radius 3 is 2.50 bits per heavy atom. The standard InChI is InChI=1S/C17H18BrN3O3S2/c1-5-24-16(23)14-10(2)20(4)17(25-14)21(19-15(26-17)11(3)22)13-8-6-12(18)7-9-13/h6-9H,5H2,1-4H3. The van der Waals surface area contributed by atoms with Crippen LogP contribution in [0.4, 0.5) is 5.69 Å². The first-order valence-electron chi connectivity index (χ1n) is 7.95. The van der Waals surface area contributed by atoms with Gasteiger partial charge in [-0.2, -0.15) is 5.10 Å². The zero-order chi connectivity index (χ0) is 19.1. The predicted octanol–water partition coefficient (Wildman–Crippen LogP) is 3.99. The molecule has 0 aromatic heterocycles. The highest BCUT2D eigenvalue weighted by atomic mass is 79.9. The van der Waals surface area contributed by atoms with Crippen LogP contribution >= 0.6 is 39.5 Å². The Hall–Kier alpha value is -1.45. The van der Waals surface area contributed by atoms with Crippen LogP contribution in [0, 0.1) is 0 Å². The molecule has 3 rings (SSSR count). The highest BCUT2D eigenvalue weighted by Gasteiger charge is 2.56. The summed E-state index contributed by atoms with van der Waals surface area (Å²) in [4.78, 5) is 26.9. The summed E-state index contributed by atoms with van der Waals surface area (Å²) in [5.41, 5.74) is 1.62. The maximum atomic E-state index is 12.4. The number of allylic oxidation sites excluding steroid dienone is 1. The van der Waals surface area contributed by atoms with Gasteiger partial charge in [0.15, 0.2) is 10.8 Å². The van der Waals surface area contributed by atoms with Gasteiger partial charge in [0, 0.05) is 24.1 Å². The molecule has 2 aliphatic rings. The van der Waals surface area contributed by atoms with Crippen LogP contribution in [0.25, 0.3) is 0 Å². The maximum Gasteiger partial charge on any atom is 0.346 e. The minimum Gasteiger partial charge on any atom is -0.462 e. The minimum atomic E-state index is -0.777. The van der Waals surface area contributed by atoms with Gasteiger partial charge >= 0.3 is 5.97 Å². The molecule has 0 bridgehead atoms. The second-order valence-corrected chi connectivity index (χ2v) is 9.21. The molecule has 9 heteroatoms. The van der Waals surface area contributed by atoms with Crippen molar-refractivity contribution in [3.05, 3.63) is 39.3 Å². The molecule has 1 aromatic carbocycles. The molecule has 0 saturated carbocycles. The molecule has 2 aliphatic heterocycles. The van der Waals surface area contributed by atoms with Crippen molar-refractivity contribution in [1.29, 1.82) is 0 Å². The molecule has 6 nitrogen and oxygen atoms in total. The number of hydrogen-bond donors (Lipinski definition) is 0. The average molecular weight is 456 g/mol. The van der Waals surface area contributed by atoms with Crippen molar-refractivity contribution in [2.45, 2.75) is 25.1 Å². The first-order valence-corrected chi connectivity index (χ1v) is 10.4. The van der Waals surface area contributed by atoms with E-state index in [-0.39, 0.29) is 11.8 Å². The zero-order valence-electron chi connectivity index (χ0n) is 14.8. The van der Waals surface area contributed by atoms with Gasteiger partial charge in [0.25, 0.3) is 0 Å². The summed E-state index contributed by atoms with van der Waals surface area (Å²) >= 11 is 6.13. The van der Waals surface area contributed by atoms with Gasteiger partial charge in [0.05, 0.1) is 12.3 Å². The zero-order valence-corrected chi connectivity index (χ0v) is 18.0. The summed E-state index contributed by atoms with van der Waals surface area (Å²) in [5, 5.41) is 6.75. The smallest absolute Gasteiger partial charge is 0.346 e. The van der Waals surface area contributed by atoms with Crippen LogP contribution < -0.4 is 5.01 Å². The van der Waals surface area contributed by atoms with Crippen molar-refractivity contribution in [1.82, 2.24) is 4.90 Å². The normalized spacial score (nSPS) is 22.3. The van der Waals surface area contributed by atoms with Gasteiger partial charge in [0.1, 0.15) is 4.91 Å². The number of nitrogens with zero attached hydrogens (tertiary/aromatic N) is 3. The quantitative estimate of drug-likeness (QED) is 0.635. The van der Waals surface area contributed by atoms with Gasteiger partial charge in [-0.05, 0) is 49.9 Å². The van der Waals surface area contributed by atoms with Gasteiger partial charge < -0.3 is 9.64 Å². The summed E-state index contributed by atoms with van der Waals surface area (Å²) in [5.74, 6) is -0.461. The maximum absolute atomic E-state index is 12.4. The van der Waals surface area contributed by atoms with E-state index in [1.54, 1.807) is 11.9 Å². The van der Waals surface area contributed by atoms with E-state index in [9.17, 15) is 9.59 Å². The molecular formula is C17H18BrN3O3S2. The van der Waals surface area contributed by atoms with E-state index in [2.05, 4.69) is 21.0 Å². The van der Waals surface area contributed by atoms with Crippen LogP contribution in [0.15, 0.2) is 44.4 Å². The van der Waals surface area contributed by atoms with Gasteiger partial charge in [-0.15, -0.1) is 0 Å². The Bertz CT molecular complexity index is 825. The number of anilines is 1. The number of halogens is 1. The number of rotatable bonds is 4. The average Bonchev–Trinajstić information content (AvgIpc) is 3.11. The fourth-order valence-electron chi connectivity index (χ4n) is 2.59. The largest absolute Gasteiger partial charge is 0.462 e. The number of hydrazone groups is 1. The number of ether oxygens (including phenoxy) is 1. The number of carbonyl (C=O) groups excluding carboxylic acids is 2. The summed E-state index contributed by atoms with van der Waals surface area (Å²) in [6.07, 6.45) is 0. The summed E-state index contributed by atoms with van der Waals surface area (Å²) in [6, 6.07) is 7.68. The van der Waals surface area contributed by atoms with Crippen molar-refractivity contribution < 1.29 is 14.3 Å². The molecule has 1 aromatic rings. The number of thioether (sulfide) groups is 2. The van der Waals surface area contributed by atoms with Gasteiger partial charge in [-0.1, -0.05) is 27.7 Å². The Morgan fingerprint density at radius 2 is 1.92 bits per heavy atom. The molecular weight excluding hydrogens is 438 g/mol. The van der Waals surface area contributed by atoms with Crippen LogP contribution in [0.2, 0.25) is 0 Å². The van der Waals surface area contributed by atoms with Crippen LogP contribution in [0.5, 0.6) is 0 Å². The van der Waals surface area contributed by atoms with Crippen LogP contribution in [-0.4, -0.2) is 39.7 Å². The van der Waals surface area contributed by atoms with Gasteiger partial charge in [-0.25, -0.2) is 9.80 Å². The molecule has 26 heavy (non-hydrogen) atoms. The van der Waals surface area contributed by atoms with E-state index in [0.717, 1.165) is 15.9 Å². The van der Waals surface area contributed by atoms with Crippen molar-refractivity contribution in [2.75, 3.05) is 18.7 Å². The number of carbonyl (C=O) groups is 2. The molecule has 1 atom stereocenters. The lowest BCUT2D eigenvalue weighted by molar-refractivity contribution is -0.137.